The highest BCUT2D eigenvalue weighted by atomic mass is 16.7. The standard InChI is InChI=1S/C19H28N2O9/c1-10(23)28-9-11-3-4-13(12(7-11)18(27)21-6-5-20-2)29-19-17(26)16(25)15(24)14(8-22)30-19/h3-4,7,14-17,19-20,22,24-26H,5-6,8-9H2,1-2H3,(H,21,27)/t14-,15-,16+,17-,19-/m1/s1. The van der Waals surface area contributed by atoms with Crippen molar-refractivity contribution >= 4 is 11.9 Å². The molecule has 1 aromatic carbocycles. The number of likely N-dealkylation sites (N-methyl/N-ethyl adjacent to an activating group) is 1. The number of hydrogen-bond donors (Lipinski definition) is 6. The van der Waals surface area contributed by atoms with Gasteiger partial charge >= 0.3 is 5.97 Å². The average Bonchev–Trinajstić information content (AvgIpc) is 2.73. The normalized spacial score (nSPS) is 26.1. The van der Waals surface area contributed by atoms with Gasteiger partial charge in [-0.1, -0.05) is 6.07 Å². The number of nitrogens with one attached hydrogen (secondary N) is 2. The summed E-state index contributed by atoms with van der Waals surface area (Å²) in [5, 5.41) is 44.9. The highest BCUT2D eigenvalue weighted by Crippen LogP contribution is 2.27. The van der Waals surface area contributed by atoms with E-state index in [0.29, 0.717) is 18.7 Å². The van der Waals surface area contributed by atoms with Crippen LogP contribution in [0, 0.1) is 0 Å². The smallest absolute Gasteiger partial charge is 0.302 e. The highest BCUT2D eigenvalue weighted by Gasteiger charge is 2.45. The Hall–Kier alpha value is -2.28. The third kappa shape index (κ3) is 6.11. The van der Waals surface area contributed by atoms with Crippen LogP contribution in [0.3, 0.4) is 0 Å². The lowest BCUT2D eigenvalue weighted by molar-refractivity contribution is -0.277. The second kappa shape index (κ2) is 11.2. The van der Waals surface area contributed by atoms with E-state index in [1.54, 1.807) is 13.1 Å². The maximum Gasteiger partial charge on any atom is 0.302 e. The van der Waals surface area contributed by atoms with Gasteiger partial charge in [-0.2, -0.15) is 0 Å². The zero-order valence-electron chi connectivity index (χ0n) is 16.8. The molecule has 11 heteroatoms. The van der Waals surface area contributed by atoms with E-state index in [4.69, 9.17) is 14.2 Å². The van der Waals surface area contributed by atoms with E-state index < -0.39 is 49.2 Å². The van der Waals surface area contributed by atoms with Gasteiger partial charge in [0.05, 0.1) is 12.2 Å². The second-order valence-electron chi connectivity index (χ2n) is 6.79. The largest absolute Gasteiger partial charge is 0.461 e. The van der Waals surface area contributed by atoms with Crippen LogP contribution < -0.4 is 15.4 Å². The molecule has 2 rings (SSSR count). The van der Waals surface area contributed by atoms with E-state index in [1.165, 1.54) is 19.1 Å². The van der Waals surface area contributed by atoms with Gasteiger partial charge in [0.15, 0.2) is 0 Å². The van der Waals surface area contributed by atoms with Crippen LogP contribution in [-0.4, -0.2) is 89.8 Å². The van der Waals surface area contributed by atoms with E-state index >= 15 is 0 Å². The number of ether oxygens (including phenoxy) is 3. The van der Waals surface area contributed by atoms with E-state index in [2.05, 4.69) is 10.6 Å². The number of benzene rings is 1. The fraction of sp³-hybridized carbons (Fsp3) is 0.579. The first-order valence-corrected chi connectivity index (χ1v) is 9.44. The predicted octanol–water partition coefficient (Wildman–Crippen LogP) is -2.12. The SMILES string of the molecule is CNCCNC(=O)c1cc(COC(C)=O)ccc1O[C@@H]1O[C@H](CO)[C@@H](O)[C@H](O)[C@H]1O. The van der Waals surface area contributed by atoms with Crippen molar-refractivity contribution in [2.24, 2.45) is 0 Å². The lowest BCUT2D eigenvalue weighted by atomic mass is 9.99. The number of carbonyl (C=O) groups excluding carboxylic acids is 2. The van der Waals surface area contributed by atoms with E-state index in [9.17, 15) is 30.0 Å². The lowest BCUT2D eigenvalue weighted by Gasteiger charge is -2.39. The summed E-state index contributed by atoms with van der Waals surface area (Å²) in [6, 6.07) is 4.47. The van der Waals surface area contributed by atoms with Crippen LogP contribution in [0.2, 0.25) is 0 Å². The molecule has 0 saturated carbocycles. The van der Waals surface area contributed by atoms with Crippen LogP contribution in [0.5, 0.6) is 5.75 Å². The molecule has 1 aliphatic rings. The predicted molar refractivity (Wildman–Crippen MR) is 103 cm³/mol. The first-order chi connectivity index (χ1) is 14.3. The Morgan fingerprint density at radius 2 is 1.87 bits per heavy atom. The number of hydrogen-bond acceptors (Lipinski definition) is 10. The maximum absolute atomic E-state index is 12.6. The topological polar surface area (TPSA) is 167 Å². The van der Waals surface area contributed by atoms with E-state index in [1.807, 2.05) is 0 Å². The lowest BCUT2D eigenvalue weighted by Crippen LogP contribution is -2.60. The number of aliphatic hydroxyl groups excluding tert-OH is 4. The Labute approximate surface area is 173 Å². The van der Waals surface area contributed by atoms with Gasteiger partial charge in [0.2, 0.25) is 6.29 Å². The Kier molecular flexibility index (Phi) is 8.96. The molecule has 1 aliphatic heterocycles. The zero-order chi connectivity index (χ0) is 22.3. The van der Waals surface area contributed by atoms with Crippen LogP contribution >= 0.6 is 0 Å². The molecule has 5 atom stereocenters. The molecule has 1 heterocycles. The van der Waals surface area contributed by atoms with Gasteiger partial charge in [-0.3, -0.25) is 9.59 Å². The number of rotatable bonds is 9. The van der Waals surface area contributed by atoms with Gasteiger partial charge in [0.25, 0.3) is 5.91 Å². The van der Waals surface area contributed by atoms with Crippen molar-refractivity contribution in [3.63, 3.8) is 0 Å². The first kappa shape index (κ1) is 24.0. The molecular weight excluding hydrogens is 400 g/mol. The molecule has 1 saturated heterocycles. The van der Waals surface area contributed by atoms with Crippen molar-refractivity contribution in [3.8, 4) is 5.75 Å². The molecule has 0 aliphatic carbocycles. The number of esters is 1. The quantitative estimate of drug-likeness (QED) is 0.189. The summed E-state index contributed by atoms with van der Waals surface area (Å²) in [7, 11) is 1.74. The minimum atomic E-state index is -1.62. The van der Waals surface area contributed by atoms with Crippen LogP contribution in [0.4, 0.5) is 0 Å². The van der Waals surface area contributed by atoms with Crippen molar-refractivity contribution in [2.45, 2.75) is 44.2 Å². The summed E-state index contributed by atoms with van der Waals surface area (Å²) in [5.41, 5.74) is 0.623. The molecule has 0 aromatic heterocycles. The van der Waals surface area contributed by atoms with Crippen molar-refractivity contribution < 1.29 is 44.2 Å². The van der Waals surface area contributed by atoms with Gasteiger partial charge in [0, 0.05) is 20.0 Å². The van der Waals surface area contributed by atoms with Gasteiger partial charge < -0.3 is 45.3 Å². The minimum absolute atomic E-state index is 0.0351. The Morgan fingerprint density at radius 1 is 1.13 bits per heavy atom. The molecule has 1 fully saturated rings. The van der Waals surface area contributed by atoms with Gasteiger partial charge in [0.1, 0.15) is 36.8 Å². The second-order valence-corrected chi connectivity index (χ2v) is 6.79. The van der Waals surface area contributed by atoms with Gasteiger partial charge in [-0.25, -0.2) is 0 Å². The van der Waals surface area contributed by atoms with Crippen LogP contribution in [-0.2, 0) is 20.9 Å². The summed E-state index contributed by atoms with van der Waals surface area (Å²) in [4.78, 5) is 23.7. The Balaban J connectivity index is 2.25. The highest BCUT2D eigenvalue weighted by molar-refractivity contribution is 5.97. The van der Waals surface area contributed by atoms with Crippen molar-refractivity contribution in [1.82, 2.24) is 10.6 Å². The molecule has 0 unspecified atom stereocenters. The van der Waals surface area contributed by atoms with Crippen molar-refractivity contribution in [1.29, 1.82) is 0 Å². The van der Waals surface area contributed by atoms with Gasteiger partial charge in [-0.05, 0) is 24.7 Å². The van der Waals surface area contributed by atoms with E-state index in [0.717, 1.165) is 0 Å². The minimum Gasteiger partial charge on any atom is -0.461 e. The Morgan fingerprint density at radius 3 is 2.50 bits per heavy atom. The van der Waals surface area contributed by atoms with Crippen molar-refractivity contribution in [2.75, 3.05) is 26.7 Å². The molecule has 0 bridgehead atoms. The molecule has 6 N–H and O–H groups in total. The van der Waals surface area contributed by atoms with Crippen LogP contribution in [0.25, 0.3) is 0 Å². The van der Waals surface area contributed by atoms with Gasteiger partial charge in [-0.15, -0.1) is 0 Å². The molecule has 1 amide bonds. The number of carbonyl (C=O) groups is 2. The molecule has 0 spiro atoms. The first-order valence-electron chi connectivity index (χ1n) is 9.44. The molecule has 0 radical (unpaired) electrons. The summed E-state index contributed by atoms with van der Waals surface area (Å²) in [6.07, 6.45) is -7.35. The summed E-state index contributed by atoms with van der Waals surface area (Å²) in [6.45, 7) is 1.47. The number of amides is 1. The number of aliphatic hydroxyl groups is 4. The van der Waals surface area contributed by atoms with Crippen LogP contribution in [0.1, 0.15) is 22.8 Å². The Bertz CT molecular complexity index is 728. The third-order valence-electron chi connectivity index (χ3n) is 4.48. The van der Waals surface area contributed by atoms with Crippen LogP contribution in [0.15, 0.2) is 18.2 Å². The summed E-state index contributed by atoms with van der Waals surface area (Å²) < 4.78 is 15.9. The fourth-order valence-corrected chi connectivity index (χ4v) is 2.82. The molecule has 11 nitrogen and oxygen atoms in total. The summed E-state index contributed by atoms with van der Waals surface area (Å²) >= 11 is 0. The average molecular weight is 428 g/mol. The third-order valence-corrected chi connectivity index (χ3v) is 4.48. The zero-order valence-corrected chi connectivity index (χ0v) is 16.8. The monoisotopic (exact) mass is 428 g/mol. The summed E-state index contributed by atoms with van der Waals surface area (Å²) in [5.74, 6) is -0.918. The molecule has 168 valence electrons. The molecule has 30 heavy (non-hydrogen) atoms. The van der Waals surface area contributed by atoms with E-state index in [-0.39, 0.29) is 17.9 Å². The molecule has 1 aromatic rings. The maximum atomic E-state index is 12.6. The fourth-order valence-electron chi connectivity index (χ4n) is 2.82. The molecular formula is C19H28N2O9. The van der Waals surface area contributed by atoms with Crippen molar-refractivity contribution in [3.05, 3.63) is 29.3 Å².